The number of piperazine rings is 1. The highest BCUT2D eigenvalue weighted by molar-refractivity contribution is 9.10. The van der Waals surface area contributed by atoms with Gasteiger partial charge in [-0.25, -0.2) is 10.9 Å². The van der Waals surface area contributed by atoms with Crippen LogP contribution in [0.4, 0.5) is 0 Å². The van der Waals surface area contributed by atoms with Crippen molar-refractivity contribution in [2.24, 2.45) is 0 Å². The number of hydrogen-bond acceptors (Lipinski definition) is 4. The van der Waals surface area contributed by atoms with Gasteiger partial charge in [-0.2, -0.15) is 0 Å². The van der Waals surface area contributed by atoms with E-state index in [1.807, 2.05) is 35.2 Å². The quantitative estimate of drug-likeness (QED) is 0.785. The molecular weight excluding hydrogens is 404 g/mol. The Morgan fingerprint density at radius 3 is 2.41 bits per heavy atom. The van der Waals surface area contributed by atoms with Crippen molar-refractivity contribution in [2.45, 2.75) is 25.0 Å². The summed E-state index contributed by atoms with van der Waals surface area (Å²) < 4.78 is 1.00. The van der Waals surface area contributed by atoms with Gasteiger partial charge < -0.3 is 4.90 Å². The van der Waals surface area contributed by atoms with Gasteiger partial charge in [0.25, 0.3) is 0 Å². The lowest BCUT2D eigenvalue weighted by Crippen LogP contribution is -2.55. The van der Waals surface area contributed by atoms with E-state index in [1.165, 1.54) is 5.56 Å². The Morgan fingerprint density at radius 2 is 1.67 bits per heavy atom. The van der Waals surface area contributed by atoms with Gasteiger partial charge >= 0.3 is 0 Å². The van der Waals surface area contributed by atoms with Crippen molar-refractivity contribution in [2.75, 3.05) is 26.2 Å². The molecule has 1 amide bonds. The number of amides is 1. The highest BCUT2D eigenvalue weighted by atomic mass is 79.9. The van der Waals surface area contributed by atoms with Crippen LogP contribution in [0.2, 0.25) is 0 Å². The fourth-order valence-electron chi connectivity index (χ4n) is 3.88. The summed E-state index contributed by atoms with van der Waals surface area (Å²) in [6, 6.07) is 18.8. The molecule has 2 aromatic rings. The monoisotopic (exact) mass is 428 g/mol. The lowest BCUT2D eigenvalue weighted by Gasteiger charge is -2.37. The number of hydrogen-bond donors (Lipinski definition) is 2. The zero-order valence-electron chi connectivity index (χ0n) is 15.3. The van der Waals surface area contributed by atoms with Crippen LogP contribution in [-0.4, -0.2) is 48.1 Å². The third kappa shape index (κ3) is 4.41. The topological polar surface area (TPSA) is 47.6 Å². The van der Waals surface area contributed by atoms with Gasteiger partial charge in [-0.15, -0.1) is 0 Å². The number of nitrogens with zero attached hydrogens (tertiary/aromatic N) is 2. The molecule has 0 spiro atoms. The number of hydrazine groups is 1. The van der Waals surface area contributed by atoms with E-state index in [0.717, 1.165) is 42.6 Å². The summed E-state index contributed by atoms with van der Waals surface area (Å²) in [6.07, 6.45) is 1.81. The third-order valence-corrected chi connectivity index (χ3v) is 6.27. The highest BCUT2D eigenvalue weighted by Gasteiger charge is 2.32. The fraction of sp³-hybridized carbons (Fsp3) is 0.381. The summed E-state index contributed by atoms with van der Waals surface area (Å²) in [4.78, 5) is 17.1. The molecule has 2 N–H and O–H groups in total. The van der Waals surface area contributed by atoms with E-state index in [4.69, 9.17) is 0 Å². The summed E-state index contributed by atoms with van der Waals surface area (Å²) in [5.74, 6) is 0.209. The van der Waals surface area contributed by atoms with Crippen LogP contribution in [0, 0.1) is 0 Å². The zero-order valence-corrected chi connectivity index (χ0v) is 16.9. The molecule has 2 fully saturated rings. The summed E-state index contributed by atoms with van der Waals surface area (Å²) in [5, 5.41) is 0. The molecule has 0 saturated carbocycles. The van der Waals surface area contributed by atoms with E-state index in [1.54, 1.807) is 0 Å². The van der Waals surface area contributed by atoms with Gasteiger partial charge in [0.1, 0.15) is 0 Å². The zero-order chi connectivity index (χ0) is 18.6. The fourth-order valence-corrected chi connectivity index (χ4v) is 4.31. The van der Waals surface area contributed by atoms with E-state index < -0.39 is 0 Å². The van der Waals surface area contributed by atoms with Gasteiger partial charge in [-0.05, 0) is 23.6 Å². The minimum atomic E-state index is 0.209. The number of rotatable bonds is 4. The maximum atomic E-state index is 12.6. The SMILES string of the molecule is O=C(Cc1ccccc1Br)N1CCN(C2CC(c3ccccc3)NN2)CC1. The first-order valence-corrected chi connectivity index (χ1v) is 10.3. The smallest absolute Gasteiger partial charge is 0.227 e. The molecular formula is C21H25BrN4O. The van der Waals surface area contributed by atoms with Gasteiger partial charge in [0.15, 0.2) is 0 Å². The standard InChI is InChI=1S/C21H25BrN4O/c22-18-9-5-4-8-17(18)14-21(27)26-12-10-25(11-13-26)20-15-19(23-24-20)16-6-2-1-3-7-16/h1-9,19-20,23-24H,10-15H2. The molecule has 0 bridgehead atoms. The normalized spacial score (nSPS) is 23.5. The van der Waals surface area contributed by atoms with Crippen molar-refractivity contribution in [3.05, 3.63) is 70.2 Å². The average molecular weight is 429 g/mol. The molecule has 2 atom stereocenters. The Kier molecular flexibility index (Phi) is 5.88. The molecule has 2 heterocycles. The van der Waals surface area contributed by atoms with Gasteiger partial charge in [0.05, 0.1) is 12.6 Å². The Labute approximate surface area is 168 Å². The second-order valence-corrected chi connectivity index (χ2v) is 8.04. The van der Waals surface area contributed by atoms with Crippen LogP contribution in [0.15, 0.2) is 59.1 Å². The minimum Gasteiger partial charge on any atom is -0.340 e. The predicted octanol–water partition coefficient (Wildman–Crippen LogP) is 2.70. The highest BCUT2D eigenvalue weighted by Crippen LogP contribution is 2.24. The van der Waals surface area contributed by atoms with Crippen LogP contribution in [0.1, 0.15) is 23.6 Å². The molecule has 0 aromatic heterocycles. The Morgan fingerprint density at radius 1 is 0.963 bits per heavy atom. The summed E-state index contributed by atoms with van der Waals surface area (Å²) >= 11 is 3.53. The third-order valence-electron chi connectivity index (χ3n) is 5.49. The van der Waals surface area contributed by atoms with Gasteiger partial charge in [0.2, 0.25) is 5.91 Å². The van der Waals surface area contributed by atoms with Crippen molar-refractivity contribution in [1.29, 1.82) is 0 Å². The Balaban J connectivity index is 1.28. The Hall–Kier alpha value is -1.73. The van der Waals surface area contributed by atoms with Crippen molar-refractivity contribution in [1.82, 2.24) is 20.7 Å². The molecule has 0 radical (unpaired) electrons. The first-order chi connectivity index (χ1) is 13.2. The molecule has 6 heteroatoms. The summed E-state index contributed by atoms with van der Waals surface area (Å²) in [7, 11) is 0. The maximum Gasteiger partial charge on any atom is 0.227 e. The molecule has 2 aromatic carbocycles. The molecule has 2 aliphatic rings. The second kappa shape index (κ2) is 8.52. The molecule has 2 aliphatic heterocycles. The minimum absolute atomic E-state index is 0.209. The van der Waals surface area contributed by atoms with Crippen LogP contribution >= 0.6 is 15.9 Å². The molecule has 5 nitrogen and oxygen atoms in total. The van der Waals surface area contributed by atoms with Crippen LogP contribution in [0.3, 0.4) is 0 Å². The molecule has 2 saturated heterocycles. The number of carbonyl (C=O) groups is 1. The molecule has 0 aliphatic carbocycles. The largest absolute Gasteiger partial charge is 0.340 e. The van der Waals surface area contributed by atoms with E-state index in [9.17, 15) is 4.79 Å². The molecule has 142 valence electrons. The maximum absolute atomic E-state index is 12.6. The molecule has 2 unspecified atom stereocenters. The van der Waals surface area contributed by atoms with E-state index in [2.05, 4.69) is 55.9 Å². The number of carbonyl (C=O) groups excluding carboxylic acids is 1. The van der Waals surface area contributed by atoms with Crippen LogP contribution in [-0.2, 0) is 11.2 Å². The predicted molar refractivity (Wildman–Crippen MR) is 110 cm³/mol. The first-order valence-electron chi connectivity index (χ1n) is 9.52. The summed E-state index contributed by atoms with van der Waals surface area (Å²) in [5.41, 5.74) is 9.22. The summed E-state index contributed by atoms with van der Waals surface area (Å²) in [6.45, 7) is 3.39. The van der Waals surface area contributed by atoms with Crippen LogP contribution in [0.25, 0.3) is 0 Å². The molecule has 27 heavy (non-hydrogen) atoms. The lowest BCUT2D eigenvalue weighted by molar-refractivity contribution is -0.132. The number of benzene rings is 2. The van der Waals surface area contributed by atoms with Crippen molar-refractivity contribution >= 4 is 21.8 Å². The lowest BCUT2D eigenvalue weighted by atomic mass is 10.0. The average Bonchev–Trinajstić information content (AvgIpc) is 3.21. The van der Waals surface area contributed by atoms with Gasteiger partial charge in [-0.1, -0.05) is 64.5 Å². The van der Waals surface area contributed by atoms with Gasteiger partial charge in [-0.3, -0.25) is 9.69 Å². The van der Waals surface area contributed by atoms with E-state index in [0.29, 0.717) is 18.6 Å². The van der Waals surface area contributed by atoms with Gasteiger partial charge in [0, 0.05) is 36.7 Å². The van der Waals surface area contributed by atoms with Crippen molar-refractivity contribution < 1.29 is 4.79 Å². The second-order valence-electron chi connectivity index (χ2n) is 7.19. The molecule has 4 rings (SSSR count). The van der Waals surface area contributed by atoms with Crippen molar-refractivity contribution in [3.63, 3.8) is 0 Å². The Bertz CT molecular complexity index is 777. The number of halogens is 1. The van der Waals surface area contributed by atoms with E-state index in [-0.39, 0.29) is 5.91 Å². The van der Waals surface area contributed by atoms with Crippen LogP contribution < -0.4 is 10.9 Å². The van der Waals surface area contributed by atoms with Crippen molar-refractivity contribution in [3.8, 4) is 0 Å². The first kappa shape index (κ1) is 18.6. The van der Waals surface area contributed by atoms with E-state index >= 15 is 0 Å². The van der Waals surface area contributed by atoms with Crippen LogP contribution in [0.5, 0.6) is 0 Å². The number of nitrogens with one attached hydrogen (secondary N) is 2.